The Kier molecular flexibility index (Phi) is 6.39. The molecule has 0 radical (unpaired) electrons. The van der Waals surface area contributed by atoms with Crippen LogP contribution in [0.1, 0.15) is 37.4 Å². The molecule has 5 nitrogen and oxygen atoms in total. The Labute approximate surface area is 171 Å². The average molecular weight is 387 g/mol. The summed E-state index contributed by atoms with van der Waals surface area (Å²) < 4.78 is 0. The third kappa shape index (κ3) is 5.29. The maximum Gasteiger partial charge on any atom is 0.255 e. The highest BCUT2D eigenvalue weighted by atomic mass is 16.2. The van der Waals surface area contributed by atoms with Crippen LogP contribution in [0.5, 0.6) is 0 Å². The van der Waals surface area contributed by atoms with Crippen molar-refractivity contribution in [3.63, 3.8) is 0 Å². The molecule has 148 valence electrons. The molecule has 0 saturated heterocycles. The van der Waals surface area contributed by atoms with E-state index in [-0.39, 0.29) is 11.8 Å². The Bertz CT molecular complexity index is 998. The molecule has 0 bridgehead atoms. The zero-order valence-corrected chi connectivity index (χ0v) is 17.0. The molecule has 2 aromatic carbocycles. The summed E-state index contributed by atoms with van der Waals surface area (Å²) in [5.74, 6) is -0.262. The third-order valence-corrected chi connectivity index (χ3v) is 4.86. The number of amides is 2. The maximum absolute atomic E-state index is 12.6. The van der Waals surface area contributed by atoms with Gasteiger partial charge in [0.1, 0.15) is 0 Å². The van der Waals surface area contributed by atoms with Crippen LogP contribution in [0, 0.1) is 13.8 Å². The van der Waals surface area contributed by atoms with Gasteiger partial charge in [-0.3, -0.25) is 14.6 Å². The van der Waals surface area contributed by atoms with Crippen LogP contribution >= 0.6 is 0 Å². The van der Waals surface area contributed by atoms with Crippen molar-refractivity contribution in [3.05, 3.63) is 94.8 Å². The number of carbonyl (C=O) groups excluding carboxylic acids is 2. The first-order valence-corrected chi connectivity index (χ1v) is 9.57. The van der Waals surface area contributed by atoms with Gasteiger partial charge in [-0.2, -0.15) is 0 Å². The Hall–Kier alpha value is -3.47. The molecule has 5 heteroatoms. The predicted molar refractivity (Wildman–Crippen MR) is 115 cm³/mol. The second-order valence-electron chi connectivity index (χ2n) is 7.18. The minimum atomic E-state index is -0.193. The number of likely N-dealkylation sites (N-methyl/N-ethyl adjacent to an activating group) is 1. The number of nitrogens with zero attached hydrogens (tertiary/aromatic N) is 2. The van der Waals surface area contributed by atoms with E-state index in [1.54, 1.807) is 48.6 Å². The van der Waals surface area contributed by atoms with Gasteiger partial charge in [0.2, 0.25) is 0 Å². The molecule has 1 heterocycles. The number of hydrogen-bond acceptors (Lipinski definition) is 3. The molecule has 1 N–H and O–H groups in total. The van der Waals surface area contributed by atoms with Gasteiger partial charge in [-0.15, -0.1) is 0 Å². The highest BCUT2D eigenvalue weighted by molar-refractivity contribution is 6.05. The molecular weight excluding hydrogens is 362 g/mol. The van der Waals surface area contributed by atoms with Gasteiger partial charge < -0.3 is 10.2 Å². The highest BCUT2D eigenvalue weighted by Gasteiger charge is 2.13. The van der Waals surface area contributed by atoms with Crippen LogP contribution in [0.4, 0.5) is 5.69 Å². The van der Waals surface area contributed by atoms with Crippen LogP contribution in [0.3, 0.4) is 0 Å². The van der Waals surface area contributed by atoms with E-state index in [1.807, 2.05) is 44.2 Å². The van der Waals surface area contributed by atoms with Gasteiger partial charge in [0.05, 0.1) is 0 Å². The standard InChI is InChI=1S/C24H25N3O2/c1-17-4-9-22(18(2)16-17)26-23(28)20-5-7-21(8-6-20)24(29)27(3)15-12-19-10-13-25-14-11-19/h4-11,13-14,16H,12,15H2,1-3H3,(H,26,28). The molecular formula is C24H25N3O2. The molecule has 0 aliphatic heterocycles. The van der Waals surface area contributed by atoms with Crippen molar-refractivity contribution in [2.75, 3.05) is 18.9 Å². The van der Waals surface area contributed by atoms with Crippen LogP contribution in [0.25, 0.3) is 0 Å². The first-order chi connectivity index (χ1) is 13.9. The number of nitrogens with one attached hydrogen (secondary N) is 1. The van der Waals surface area contributed by atoms with Crippen LogP contribution in [0.2, 0.25) is 0 Å². The Morgan fingerprint density at radius 3 is 2.24 bits per heavy atom. The van der Waals surface area contributed by atoms with Crippen LogP contribution in [0.15, 0.2) is 67.0 Å². The summed E-state index contributed by atoms with van der Waals surface area (Å²) in [4.78, 5) is 30.8. The first kappa shape index (κ1) is 20.3. The van der Waals surface area contributed by atoms with E-state index in [0.29, 0.717) is 17.7 Å². The lowest BCUT2D eigenvalue weighted by atomic mass is 10.1. The van der Waals surface area contributed by atoms with Gasteiger partial charge in [-0.1, -0.05) is 17.7 Å². The highest BCUT2D eigenvalue weighted by Crippen LogP contribution is 2.17. The van der Waals surface area contributed by atoms with E-state index in [0.717, 1.165) is 28.8 Å². The first-order valence-electron chi connectivity index (χ1n) is 9.57. The molecule has 0 aliphatic carbocycles. The van der Waals surface area contributed by atoms with E-state index >= 15 is 0 Å². The second kappa shape index (κ2) is 9.15. The zero-order valence-electron chi connectivity index (χ0n) is 17.0. The lowest BCUT2D eigenvalue weighted by Gasteiger charge is -2.17. The van der Waals surface area contributed by atoms with E-state index in [9.17, 15) is 9.59 Å². The third-order valence-electron chi connectivity index (χ3n) is 4.86. The zero-order chi connectivity index (χ0) is 20.8. The number of hydrogen-bond donors (Lipinski definition) is 1. The summed E-state index contributed by atoms with van der Waals surface area (Å²) in [7, 11) is 1.78. The van der Waals surface area contributed by atoms with Crippen molar-refractivity contribution < 1.29 is 9.59 Å². The second-order valence-corrected chi connectivity index (χ2v) is 7.18. The topological polar surface area (TPSA) is 62.3 Å². The molecule has 0 unspecified atom stereocenters. The number of aromatic nitrogens is 1. The number of benzene rings is 2. The molecule has 29 heavy (non-hydrogen) atoms. The molecule has 1 aromatic heterocycles. The number of rotatable bonds is 6. The fourth-order valence-corrected chi connectivity index (χ4v) is 3.08. The summed E-state index contributed by atoms with van der Waals surface area (Å²) in [5, 5.41) is 2.92. The lowest BCUT2D eigenvalue weighted by Crippen LogP contribution is -2.28. The Balaban J connectivity index is 1.61. The number of aryl methyl sites for hydroxylation is 2. The number of anilines is 1. The van der Waals surface area contributed by atoms with E-state index in [1.165, 1.54) is 0 Å². The van der Waals surface area contributed by atoms with E-state index < -0.39 is 0 Å². The molecule has 3 aromatic rings. The van der Waals surface area contributed by atoms with Crippen molar-refractivity contribution in [2.45, 2.75) is 20.3 Å². The van der Waals surface area contributed by atoms with Gasteiger partial charge >= 0.3 is 0 Å². The number of pyridine rings is 1. The van der Waals surface area contributed by atoms with E-state index in [4.69, 9.17) is 0 Å². The summed E-state index contributed by atoms with van der Waals surface area (Å²) in [6, 6.07) is 16.5. The monoisotopic (exact) mass is 387 g/mol. The molecule has 0 spiro atoms. The fourth-order valence-electron chi connectivity index (χ4n) is 3.08. The average Bonchev–Trinajstić information content (AvgIpc) is 2.74. The van der Waals surface area contributed by atoms with Gasteiger partial charge in [0.15, 0.2) is 0 Å². The Morgan fingerprint density at radius 1 is 0.931 bits per heavy atom. The van der Waals surface area contributed by atoms with Gasteiger partial charge in [-0.25, -0.2) is 0 Å². The van der Waals surface area contributed by atoms with Gasteiger partial charge in [0, 0.05) is 42.8 Å². The molecule has 0 atom stereocenters. The SMILES string of the molecule is Cc1ccc(NC(=O)c2ccc(C(=O)N(C)CCc3ccncc3)cc2)c(C)c1. The van der Waals surface area contributed by atoms with Crippen molar-refractivity contribution in [3.8, 4) is 0 Å². The molecule has 0 saturated carbocycles. The van der Waals surface area contributed by atoms with Crippen LogP contribution in [-0.4, -0.2) is 35.3 Å². The van der Waals surface area contributed by atoms with Crippen molar-refractivity contribution in [1.82, 2.24) is 9.88 Å². The summed E-state index contributed by atoms with van der Waals surface area (Å²) in [5.41, 5.74) is 5.17. The molecule has 2 amide bonds. The summed E-state index contributed by atoms with van der Waals surface area (Å²) in [6.07, 6.45) is 4.26. The lowest BCUT2D eigenvalue weighted by molar-refractivity contribution is 0.0796. The minimum Gasteiger partial charge on any atom is -0.341 e. The normalized spacial score (nSPS) is 10.4. The van der Waals surface area contributed by atoms with Gasteiger partial charge in [-0.05, 0) is 73.9 Å². The Morgan fingerprint density at radius 2 is 1.59 bits per heavy atom. The van der Waals surface area contributed by atoms with Crippen molar-refractivity contribution >= 4 is 17.5 Å². The molecule has 0 fully saturated rings. The molecule has 3 rings (SSSR count). The smallest absolute Gasteiger partial charge is 0.255 e. The van der Waals surface area contributed by atoms with Crippen LogP contribution < -0.4 is 5.32 Å². The van der Waals surface area contributed by atoms with Crippen molar-refractivity contribution in [1.29, 1.82) is 0 Å². The quantitative estimate of drug-likeness (QED) is 0.687. The maximum atomic E-state index is 12.6. The predicted octanol–water partition coefficient (Wildman–Crippen LogP) is 4.27. The van der Waals surface area contributed by atoms with E-state index in [2.05, 4.69) is 10.3 Å². The largest absolute Gasteiger partial charge is 0.341 e. The summed E-state index contributed by atoms with van der Waals surface area (Å²) in [6.45, 7) is 4.59. The number of carbonyl (C=O) groups is 2. The van der Waals surface area contributed by atoms with Crippen LogP contribution in [-0.2, 0) is 6.42 Å². The molecule has 0 aliphatic rings. The van der Waals surface area contributed by atoms with Gasteiger partial charge in [0.25, 0.3) is 11.8 Å². The fraction of sp³-hybridized carbons (Fsp3) is 0.208. The van der Waals surface area contributed by atoms with Crippen molar-refractivity contribution in [2.24, 2.45) is 0 Å². The minimum absolute atomic E-state index is 0.0691. The summed E-state index contributed by atoms with van der Waals surface area (Å²) >= 11 is 0.